The number of carbonyl (C=O) groups excluding carboxylic acids is 1. The van der Waals surface area contributed by atoms with Gasteiger partial charge in [-0.25, -0.2) is 17.5 Å². The fraction of sp³-hybridized carbons (Fsp3) is 0.885. The Balaban J connectivity index is 0. The second-order valence-electron chi connectivity index (χ2n) is 10.1. The van der Waals surface area contributed by atoms with Crippen LogP contribution in [-0.2, 0) is 14.8 Å². The van der Waals surface area contributed by atoms with Gasteiger partial charge in [0.2, 0.25) is 10.0 Å². The van der Waals surface area contributed by atoms with Crippen molar-refractivity contribution in [3.8, 4) is 0 Å². The van der Waals surface area contributed by atoms with Crippen LogP contribution in [0.1, 0.15) is 101 Å². The van der Waals surface area contributed by atoms with Crippen molar-refractivity contribution in [1.82, 2.24) is 9.21 Å². The van der Waals surface area contributed by atoms with E-state index in [-0.39, 0.29) is 18.5 Å². The molecule has 0 bridgehead atoms. The van der Waals surface area contributed by atoms with Crippen LogP contribution in [0.4, 0.5) is 4.79 Å². The number of nitrogens with zero attached hydrogens (tertiary/aromatic N) is 2. The Morgan fingerprint density at radius 1 is 1.09 bits per heavy atom. The van der Waals surface area contributed by atoms with E-state index < -0.39 is 15.6 Å². The van der Waals surface area contributed by atoms with Crippen molar-refractivity contribution in [3.63, 3.8) is 0 Å². The van der Waals surface area contributed by atoms with E-state index in [0.717, 1.165) is 25.8 Å². The highest BCUT2D eigenvalue weighted by atomic mass is 32.2. The Hall–Kier alpha value is -1.12. The lowest BCUT2D eigenvalue weighted by Gasteiger charge is -2.29. The highest BCUT2D eigenvalue weighted by molar-refractivity contribution is 7.89. The first-order valence-electron chi connectivity index (χ1n) is 13.0. The minimum atomic E-state index is -3.10. The molecule has 0 saturated carbocycles. The van der Waals surface area contributed by atoms with Gasteiger partial charge in [-0.15, -0.1) is 0 Å². The molecule has 0 aromatic heterocycles. The molecule has 2 heterocycles. The van der Waals surface area contributed by atoms with Crippen molar-refractivity contribution in [2.75, 3.05) is 38.5 Å². The topological polar surface area (TPSA) is 87.2 Å². The maximum absolute atomic E-state index is 11.7. The molecule has 1 fully saturated rings. The fourth-order valence-electron chi connectivity index (χ4n) is 2.90. The van der Waals surface area contributed by atoms with Crippen molar-refractivity contribution >= 4 is 16.1 Å². The summed E-state index contributed by atoms with van der Waals surface area (Å²) in [5, 5.41) is 8.59. The van der Waals surface area contributed by atoms with Gasteiger partial charge in [0.05, 0.1) is 5.75 Å². The zero-order valence-electron chi connectivity index (χ0n) is 23.5. The second kappa shape index (κ2) is 19.1. The predicted molar refractivity (Wildman–Crippen MR) is 144 cm³/mol. The SMILES string of the molecule is CC1=CCN(C(=O)OC(C)(C)C)CC1.CC1CCN(S(=O)(=O)CCCO)CC1.CCC.CCC. The molecule has 0 unspecified atom stereocenters. The highest BCUT2D eigenvalue weighted by Gasteiger charge is 2.25. The third-order valence-electron chi connectivity index (χ3n) is 4.78. The van der Waals surface area contributed by atoms with Gasteiger partial charge in [-0.2, -0.15) is 0 Å². The Bertz CT molecular complexity index is 647. The number of rotatable bonds is 4. The standard InChI is InChI=1S/C11H19NO2.C9H19NO3S.2C3H8/c1-9-5-7-12(8-6-9)10(13)14-11(2,3)4;1-9-3-5-10(6-4-9)14(12,13)8-2-7-11;2*1-3-2/h5H,6-8H2,1-4H3;9,11H,2-8H2,1H3;2*3H2,1-2H3. The summed E-state index contributed by atoms with van der Waals surface area (Å²) in [6.07, 6.45) is 7.58. The molecule has 1 saturated heterocycles. The van der Waals surface area contributed by atoms with E-state index in [2.05, 4.69) is 47.6 Å². The van der Waals surface area contributed by atoms with Crippen LogP contribution >= 0.6 is 0 Å². The zero-order valence-corrected chi connectivity index (χ0v) is 24.3. The van der Waals surface area contributed by atoms with E-state index in [4.69, 9.17) is 9.84 Å². The summed E-state index contributed by atoms with van der Waals surface area (Å²) in [6.45, 7) is 21.1. The van der Waals surface area contributed by atoms with Crippen LogP contribution < -0.4 is 0 Å². The number of hydrogen-bond acceptors (Lipinski definition) is 5. The molecule has 7 nitrogen and oxygen atoms in total. The maximum atomic E-state index is 11.7. The van der Waals surface area contributed by atoms with Crippen LogP contribution in [0.25, 0.3) is 0 Å². The number of aliphatic hydroxyl groups is 1. The van der Waals surface area contributed by atoms with E-state index in [0.29, 0.717) is 32.0 Å². The van der Waals surface area contributed by atoms with Gasteiger partial charge in [0.25, 0.3) is 0 Å². The summed E-state index contributed by atoms with van der Waals surface area (Å²) in [5.41, 5.74) is 0.956. The maximum Gasteiger partial charge on any atom is 0.410 e. The molecule has 34 heavy (non-hydrogen) atoms. The normalized spacial score (nSPS) is 17.1. The minimum absolute atomic E-state index is 0.0521. The molecule has 2 rings (SSSR count). The summed E-state index contributed by atoms with van der Waals surface area (Å²) >= 11 is 0. The van der Waals surface area contributed by atoms with E-state index in [1.165, 1.54) is 18.4 Å². The van der Waals surface area contributed by atoms with Gasteiger partial charge in [-0.1, -0.05) is 59.1 Å². The van der Waals surface area contributed by atoms with Crippen molar-refractivity contribution in [2.45, 2.75) is 106 Å². The number of ether oxygens (including phenoxy) is 1. The van der Waals surface area contributed by atoms with Crippen LogP contribution in [0.2, 0.25) is 0 Å². The molecule has 2 aliphatic rings. The van der Waals surface area contributed by atoms with Gasteiger partial charge >= 0.3 is 6.09 Å². The third-order valence-corrected chi connectivity index (χ3v) is 6.74. The first-order valence-corrected chi connectivity index (χ1v) is 14.6. The van der Waals surface area contributed by atoms with Gasteiger partial charge < -0.3 is 14.7 Å². The van der Waals surface area contributed by atoms with Crippen LogP contribution in [0.5, 0.6) is 0 Å². The molecule has 0 radical (unpaired) electrons. The first-order chi connectivity index (χ1) is 15.8. The second-order valence-corrected chi connectivity index (χ2v) is 12.2. The molecule has 2 aliphatic heterocycles. The van der Waals surface area contributed by atoms with E-state index in [1.807, 2.05) is 20.8 Å². The number of hydrogen-bond donors (Lipinski definition) is 1. The predicted octanol–water partition coefficient (Wildman–Crippen LogP) is 5.84. The van der Waals surface area contributed by atoms with E-state index in [1.54, 1.807) is 9.21 Å². The summed E-state index contributed by atoms with van der Waals surface area (Å²) in [6, 6.07) is 0. The van der Waals surface area contributed by atoms with Crippen molar-refractivity contribution in [2.24, 2.45) is 5.92 Å². The molecule has 0 aromatic rings. The molecule has 0 spiro atoms. The number of carbonyl (C=O) groups is 1. The number of piperidine rings is 1. The molecule has 204 valence electrons. The average molecular weight is 507 g/mol. The van der Waals surface area contributed by atoms with Crippen molar-refractivity contribution in [3.05, 3.63) is 11.6 Å². The molecule has 0 aromatic carbocycles. The lowest BCUT2D eigenvalue weighted by atomic mass is 10.0. The Morgan fingerprint density at radius 3 is 1.97 bits per heavy atom. The summed E-state index contributed by atoms with van der Waals surface area (Å²) in [4.78, 5) is 13.3. The van der Waals surface area contributed by atoms with Crippen LogP contribution in [0.3, 0.4) is 0 Å². The Kier molecular flexibility index (Phi) is 19.7. The molecule has 0 atom stereocenters. The highest BCUT2D eigenvalue weighted by Crippen LogP contribution is 2.19. The number of aliphatic hydroxyl groups excluding tert-OH is 1. The van der Waals surface area contributed by atoms with Crippen molar-refractivity contribution < 1.29 is 23.1 Å². The van der Waals surface area contributed by atoms with Crippen LogP contribution in [0.15, 0.2) is 11.6 Å². The minimum Gasteiger partial charge on any atom is -0.444 e. The fourth-order valence-corrected chi connectivity index (χ4v) is 4.42. The molecular weight excluding hydrogens is 452 g/mol. The zero-order chi connectivity index (χ0) is 26.8. The summed E-state index contributed by atoms with van der Waals surface area (Å²) < 4.78 is 30.2. The van der Waals surface area contributed by atoms with Gasteiger partial charge in [0.15, 0.2) is 0 Å². The third kappa shape index (κ3) is 18.2. The van der Waals surface area contributed by atoms with Gasteiger partial charge in [0, 0.05) is 32.8 Å². The average Bonchev–Trinajstić information content (AvgIpc) is 2.73. The quantitative estimate of drug-likeness (QED) is 0.484. The lowest BCUT2D eigenvalue weighted by molar-refractivity contribution is 0.0266. The molecule has 8 heteroatoms. The molecule has 1 amide bonds. The smallest absolute Gasteiger partial charge is 0.410 e. The molecular formula is C26H54N2O5S. The first kappa shape index (κ1) is 35.0. The Labute approximate surface area is 211 Å². The van der Waals surface area contributed by atoms with E-state index in [9.17, 15) is 13.2 Å². The van der Waals surface area contributed by atoms with Crippen molar-refractivity contribution in [1.29, 1.82) is 0 Å². The largest absolute Gasteiger partial charge is 0.444 e. The molecule has 0 aliphatic carbocycles. The van der Waals surface area contributed by atoms with E-state index >= 15 is 0 Å². The lowest BCUT2D eigenvalue weighted by Crippen LogP contribution is -2.39. The van der Waals surface area contributed by atoms with Gasteiger partial charge in [-0.05, 0) is 59.3 Å². The van der Waals surface area contributed by atoms with Crippen LogP contribution in [0, 0.1) is 5.92 Å². The van der Waals surface area contributed by atoms with Crippen LogP contribution in [-0.4, -0.2) is 73.0 Å². The Morgan fingerprint density at radius 2 is 1.59 bits per heavy atom. The number of sulfonamides is 1. The monoisotopic (exact) mass is 506 g/mol. The summed E-state index contributed by atoms with van der Waals surface area (Å²) in [7, 11) is -3.10. The van der Waals surface area contributed by atoms with Gasteiger partial charge in [-0.3, -0.25) is 0 Å². The number of amides is 1. The van der Waals surface area contributed by atoms with Gasteiger partial charge in [0.1, 0.15) is 5.60 Å². The molecule has 1 N–H and O–H groups in total. The summed E-state index contributed by atoms with van der Waals surface area (Å²) in [5.74, 6) is 0.719.